The van der Waals surface area contributed by atoms with Gasteiger partial charge in [0.05, 0.1) is 17.4 Å². The van der Waals surface area contributed by atoms with E-state index in [4.69, 9.17) is 0 Å². The second kappa shape index (κ2) is 3.87. The first kappa shape index (κ1) is 9.78. The number of benzene rings is 1. The Morgan fingerprint density at radius 1 is 0.941 bits per heavy atom. The largest absolute Gasteiger partial charge is 0.506 e. The number of fused-ring (bicyclic) bond motifs is 1. The van der Waals surface area contributed by atoms with Gasteiger partial charge < -0.3 is 5.11 Å². The van der Waals surface area contributed by atoms with Gasteiger partial charge in [-0.2, -0.15) is 0 Å². The molecule has 3 heteroatoms. The summed E-state index contributed by atoms with van der Waals surface area (Å²) in [5, 5.41) is 10.3. The Kier molecular flexibility index (Phi) is 2.22. The van der Waals surface area contributed by atoms with Crippen LogP contribution in [0.1, 0.15) is 0 Å². The highest BCUT2D eigenvalue weighted by Gasteiger charge is 2.01. The molecule has 3 rings (SSSR count). The fourth-order valence-corrected chi connectivity index (χ4v) is 1.78. The van der Waals surface area contributed by atoms with Crippen molar-refractivity contribution in [1.29, 1.82) is 0 Å². The lowest BCUT2D eigenvalue weighted by molar-refractivity contribution is 0.473. The maximum atomic E-state index is 9.20. The molecule has 1 aromatic carbocycles. The molecule has 1 N–H and O–H groups in total. The smallest absolute Gasteiger partial charge is 0.133 e. The highest BCUT2D eigenvalue weighted by atomic mass is 16.3. The maximum Gasteiger partial charge on any atom is 0.133 e. The van der Waals surface area contributed by atoms with E-state index in [0.717, 1.165) is 22.2 Å². The van der Waals surface area contributed by atoms with Crippen molar-refractivity contribution in [2.24, 2.45) is 0 Å². The van der Waals surface area contributed by atoms with E-state index in [1.165, 1.54) is 6.20 Å². The van der Waals surface area contributed by atoms with E-state index in [2.05, 4.69) is 9.97 Å². The Morgan fingerprint density at radius 2 is 1.88 bits per heavy atom. The Bertz CT molecular complexity index is 662. The third kappa shape index (κ3) is 1.83. The van der Waals surface area contributed by atoms with Gasteiger partial charge in [0.1, 0.15) is 5.75 Å². The summed E-state index contributed by atoms with van der Waals surface area (Å²) in [6, 6.07) is 13.4. The molecular weight excluding hydrogens is 212 g/mol. The summed E-state index contributed by atoms with van der Waals surface area (Å²) in [7, 11) is 0. The molecule has 0 saturated heterocycles. The van der Waals surface area contributed by atoms with E-state index in [-0.39, 0.29) is 5.75 Å². The Labute approximate surface area is 98.4 Å². The molecule has 0 spiro atoms. The van der Waals surface area contributed by atoms with Crippen LogP contribution in [0.15, 0.2) is 54.9 Å². The average Bonchev–Trinajstić information content (AvgIpc) is 2.39. The predicted molar refractivity (Wildman–Crippen MR) is 66.6 cm³/mol. The summed E-state index contributed by atoms with van der Waals surface area (Å²) in [5.74, 6) is 0.174. The summed E-state index contributed by atoms with van der Waals surface area (Å²) in [6.45, 7) is 0. The minimum atomic E-state index is 0.174. The number of rotatable bonds is 1. The molecule has 3 aromatic rings. The van der Waals surface area contributed by atoms with Gasteiger partial charge in [-0.15, -0.1) is 0 Å². The molecular formula is C14H10N2O. The van der Waals surface area contributed by atoms with Crippen molar-refractivity contribution in [2.75, 3.05) is 0 Å². The standard InChI is InChI=1S/C14H10N2O/c17-12-5-6-13(16-9-12)11-4-3-10-2-1-7-15-14(10)8-11/h1-9,17H. The van der Waals surface area contributed by atoms with Crippen molar-refractivity contribution in [1.82, 2.24) is 9.97 Å². The van der Waals surface area contributed by atoms with Crippen LogP contribution >= 0.6 is 0 Å². The summed E-state index contributed by atoms with van der Waals surface area (Å²) in [4.78, 5) is 8.49. The van der Waals surface area contributed by atoms with E-state index in [9.17, 15) is 5.11 Å². The molecule has 3 nitrogen and oxygen atoms in total. The molecule has 0 bridgehead atoms. The van der Waals surface area contributed by atoms with Gasteiger partial charge in [-0.3, -0.25) is 9.97 Å². The molecule has 2 heterocycles. The van der Waals surface area contributed by atoms with E-state index >= 15 is 0 Å². The van der Waals surface area contributed by atoms with E-state index < -0.39 is 0 Å². The first-order valence-corrected chi connectivity index (χ1v) is 5.33. The molecule has 0 saturated carbocycles. The molecule has 0 aliphatic heterocycles. The molecule has 0 aliphatic carbocycles. The molecule has 0 aliphatic rings. The zero-order valence-corrected chi connectivity index (χ0v) is 9.04. The van der Waals surface area contributed by atoms with Gasteiger partial charge in [-0.1, -0.05) is 18.2 Å². The third-order valence-corrected chi connectivity index (χ3v) is 2.65. The molecule has 2 aromatic heterocycles. The topological polar surface area (TPSA) is 46.0 Å². The van der Waals surface area contributed by atoms with Crippen LogP contribution in [0.4, 0.5) is 0 Å². The SMILES string of the molecule is Oc1ccc(-c2ccc3cccnc3c2)nc1. The highest BCUT2D eigenvalue weighted by molar-refractivity contribution is 5.83. The fourth-order valence-electron chi connectivity index (χ4n) is 1.78. The first-order valence-electron chi connectivity index (χ1n) is 5.33. The van der Waals surface area contributed by atoms with Crippen LogP contribution in [0, 0.1) is 0 Å². The monoisotopic (exact) mass is 222 g/mol. The van der Waals surface area contributed by atoms with Crippen molar-refractivity contribution in [3.8, 4) is 17.0 Å². The molecule has 0 atom stereocenters. The van der Waals surface area contributed by atoms with E-state index in [0.29, 0.717) is 0 Å². The Hall–Kier alpha value is -2.42. The van der Waals surface area contributed by atoms with Crippen LogP contribution in [0.3, 0.4) is 0 Å². The lowest BCUT2D eigenvalue weighted by Gasteiger charge is -2.02. The van der Waals surface area contributed by atoms with Gasteiger partial charge in [0.25, 0.3) is 0 Å². The number of hydrogen-bond acceptors (Lipinski definition) is 3. The van der Waals surface area contributed by atoms with Gasteiger partial charge in [-0.05, 0) is 24.3 Å². The minimum Gasteiger partial charge on any atom is -0.506 e. The van der Waals surface area contributed by atoms with Gasteiger partial charge in [0.2, 0.25) is 0 Å². The van der Waals surface area contributed by atoms with Crippen molar-refractivity contribution in [3.05, 3.63) is 54.9 Å². The number of hydrogen-bond donors (Lipinski definition) is 1. The van der Waals surface area contributed by atoms with Crippen molar-refractivity contribution < 1.29 is 5.11 Å². The van der Waals surface area contributed by atoms with Crippen molar-refractivity contribution >= 4 is 10.9 Å². The van der Waals surface area contributed by atoms with Crippen LogP contribution in [0.5, 0.6) is 5.75 Å². The van der Waals surface area contributed by atoms with Gasteiger partial charge in [-0.25, -0.2) is 0 Å². The van der Waals surface area contributed by atoms with Crippen LogP contribution in [-0.2, 0) is 0 Å². The molecule has 17 heavy (non-hydrogen) atoms. The summed E-state index contributed by atoms with van der Waals surface area (Å²) in [6.07, 6.45) is 3.22. The molecule has 0 fully saturated rings. The molecule has 82 valence electrons. The summed E-state index contributed by atoms with van der Waals surface area (Å²) < 4.78 is 0. The second-order valence-corrected chi connectivity index (χ2v) is 3.81. The van der Waals surface area contributed by atoms with E-state index in [1.807, 2.05) is 30.3 Å². The number of aromatic hydroxyl groups is 1. The predicted octanol–water partition coefficient (Wildman–Crippen LogP) is 3.00. The summed E-state index contributed by atoms with van der Waals surface area (Å²) >= 11 is 0. The van der Waals surface area contributed by atoms with Crippen LogP contribution in [0.25, 0.3) is 22.2 Å². The van der Waals surface area contributed by atoms with Crippen LogP contribution < -0.4 is 0 Å². The van der Waals surface area contributed by atoms with Crippen molar-refractivity contribution in [2.45, 2.75) is 0 Å². The van der Waals surface area contributed by atoms with Gasteiger partial charge >= 0.3 is 0 Å². The Balaban J connectivity index is 2.14. The number of aromatic nitrogens is 2. The Morgan fingerprint density at radius 3 is 2.71 bits per heavy atom. The maximum absolute atomic E-state index is 9.20. The normalized spacial score (nSPS) is 10.6. The lowest BCUT2D eigenvalue weighted by Crippen LogP contribution is -1.84. The molecule has 0 radical (unpaired) electrons. The van der Waals surface area contributed by atoms with Crippen LogP contribution in [0.2, 0.25) is 0 Å². The van der Waals surface area contributed by atoms with E-state index in [1.54, 1.807) is 18.3 Å². The van der Waals surface area contributed by atoms with Gasteiger partial charge in [0, 0.05) is 17.1 Å². The highest BCUT2D eigenvalue weighted by Crippen LogP contribution is 2.22. The summed E-state index contributed by atoms with van der Waals surface area (Å²) in [5.41, 5.74) is 2.77. The number of pyridine rings is 2. The first-order chi connectivity index (χ1) is 8.33. The zero-order chi connectivity index (χ0) is 11.7. The quantitative estimate of drug-likeness (QED) is 0.688. The van der Waals surface area contributed by atoms with Gasteiger partial charge in [0.15, 0.2) is 0 Å². The zero-order valence-electron chi connectivity index (χ0n) is 9.04. The molecule has 0 unspecified atom stereocenters. The average molecular weight is 222 g/mol. The fraction of sp³-hybridized carbons (Fsp3) is 0. The lowest BCUT2D eigenvalue weighted by atomic mass is 10.1. The second-order valence-electron chi connectivity index (χ2n) is 3.81. The van der Waals surface area contributed by atoms with Crippen molar-refractivity contribution in [3.63, 3.8) is 0 Å². The number of nitrogens with zero attached hydrogens (tertiary/aromatic N) is 2. The molecule has 0 amide bonds. The third-order valence-electron chi connectivity index (χ3n) is 2.65. The van der Waals surface area contributed by atoms with Crippen LogP contribution in [-0.4, -0.2) is 15.1 Å². The minimum absolute atomic E-state index is 0.174.